The van der Waals surface area contributed by atoms with Crippen molar-refractivity contribution in [1.29, 1.82) is 0 Å². The van der Waals surface area contributed by atoms with Crippen LogP contribution in [0.2, 0.25) is 0 Å². The Kier molecular flexibility index (Phi) is 3.53. The van der Waals surface area contributed by atoms with Gasteiger partial charge in [-0.15, -0.1) is 0 Å². The van der Waals surface area contributed by atoms with E-state index in [1.165, 1.54) is 19.3 Å². The molecule has 5 fully saturated rings. The SMILES string of the molecule is CC(C)[C@H]1CC[C@@]2(C)[C@@H]3CC[C@]45[C@H](O)CC[C@H]4[C@@]2(CCC(=O)O)[C@H]1N5C3. The summed E-state index contributed by atoms with van der Waals surface area (Å²) in [6, 6.07) is 0.483. The average Bonchev–Trinajstić information content (AvgIpc) is 2.98. The van der Waals surface area contributed by atoms with E-state index >= 15 is 0 Å². The summed E-state index contributed by atoms with van der Waals surface area (Å²) >= 11 is 0. The number of carboxylic acids is 1. The van der Waals surface area contributed by atoms with E-state index in [1.807, 2.05) is 0 Å². The van der Waals surface area contributed by atoms with Gasteiger partial charge in [-0.05, 0) is 79.4 Å². The highest BCUT2D eigenvalue weighted by Crippen LogP contribution is 2.79. The number of aliphatic hydroxyl groups excluding tert-OH is 1. The quantitative estimate of drug-likeness (QED) is 0.804. The van der Waals surface area contributed by atoms with Crippen molar-refractivity contribution in [3.63, 3.8) is 0 Å². The van der Waals surface area contributed by atoms with Crippen LogP contribution in [-0.2, 0) is 4.79 Å². The highest BCUT2D eigenvalue weighted by molar-refractivity contribution is 5.66. The van der Waals surface area contributed by atoms with Gasteiger partial charge in [-0.25, -0.2) is 0 Å². The molecule has 2 aliphatic carbocycles. The van der Waals surface area contributed by atoms with Crippen molar-refractivity contribution >= 4 is 5.97 Å². The summed E-state index contributed by atoms with van der Waals surface area (Å²) < 4.78 is 0. The number of hydrogen-bond acceptors (Lipinski definition) is 3. The zero-order chi connectivity index (χ0) is 18.5. The Morgan fingerprint density at radius 1 is 1.19 bits per heavy atom. The average molecular weight is 362 g/mol. The van der Waals surface area contributed by atoms with Crippen molar-refractivity contribution in [3.8, 4) is 0 Å². The van der Waals surface area contributed by atoms with Crippen LogP contribution in [0.4, 0.5) is 0 Å². The highest BCUT2D eigenvalue weighted by atomic mass is 16.4. The Morgan fingerprint density at radius 2 is 1.96 bits per heavy atom. The fourth-order valence-corrected chi connectivity index (χ4v) is 9.33. The monoisotopic (exact) mass is 361 g/mol. The third-order valence-corrected chi connectivity index (χ3v) is 10.2. The molecule has 5 aliphatic rings. The molecule has 26 heavy (non-hydrogen) atoms. The summed E-state index contributed by atoms with van der Waals surface area (Å²) in [5, 5.41) is 20.7. The molecule has 1 unspecified atom stereocenters. The number of hydrogen-bond donors (Lipinski definition) is 2. The lowest BCUT2D eigenvalue weighted by atomic mass is 9.42. The lowest BCUT2D eigenvalue weighted by Crippen LogP contribution is -2.69. The van der Waals surface area contributed by atoms with Crippen molar-refractivity contribution in [3.05, 3.63) is 0 Å². The second-order valence-corrected chi connectivity index (χ2v) is 10.8. The van der Waals surface area contributed by atoms with Gasteiger partial charge in [-0.3, -0.25) is 9.69 Å². The van der Waals surface area contributed by atoms with E-state index in [2.05, 4.69) is 25.7 Å². The molecule has 2 N–H and O–H groups in total. The van der Waals surface area contributed by atoms with Gasteiger partial charge in [0.15, 0.2) is 0 Å². The fourth-order valence-electron chi connectivity index (χ4n) is 9.33. The predicted molar refractivity (Wildman–Crippen MR) is 99.7 cm³/mol. The molecule has 2 saturated carbocycles. The van der Waals surface area contributed by atoms with E-state index in [4.69, 9.17) is 0 Å². The summed E-state index contributed by atoms with van der Waals surface area (Å²) in [6.45, 7) is 8.38. The summed E-state index contributed by atoms with van der Waals surface area (Å²) in [7, 11) is 0. The van der Waals surface area contributed by atoms with Gasteiger partial charge in [0.25, 0.3) is 0 Å². The third-order valence-electron chi connectivity index (χ3n) is 10.2. The van der Waals surface area contributed by atoms with Crippen LogP contribution >= 0.6 is 0 Å². The predicted octanol–water partition coefficient (Wildman–Crippen LogP) is 3.53. The van der Waals surface area contributed by atoms with Crippen molar-refractivity contribution in [2.24, 2.45) is 34.5 Å². The molecule has 3 heterocycles. The van der Waals surface area contributed by atoms with Gasteiger partial charge in [0.1, 0.15) is 0 Å². The smallest absolute Gasteiger partial charge is 0.303 e. The first-order chi connectivity index (χ1) is 12.3. The molecule has 4 heteroatoms. The molecule has 5 rings (SSSR count). The molecule has 4 nitrogen and oxygen atoms in total. The molecule has 0 radical (unpaired) electrons. The summed E-state index contributed by atoms with van der Waals surface area (Å²) in [6.07, 6.45) is 7.81. The van der Waals surface area contributed by atoms with Crippen molar-refractivity contribution in [1.82, 2.24) is 4.90 Å². The molecule has 0 aromatic carbocycles. The van der Waals surface area contributed by atoms with E-state index in [0.717, 1.165) is 32.2 Å². The minimum Gasteiger partial charge on any atom is -0.481 e. The van der Waals surface area contributed by atoms with Crippen LogP contribution in [0, 0.1) is 34.5 Å². The summed E-state index contributed by atoms with van der Waals surface area (Å²) in [5.41, 5.74) is 0.298. The molecule has 3 saturated heterocycles. The van der Waals surface area contributed by atoms with E-state index in [1.54, 1.807) is 0 Å². The number of aliphatic carboxylic acids is 1. The van der Waals surface area contributed by atoms with Crippen molar-refractivity contribution in [2.45, 2.75) is 89.8 Å². The Morgan fingerprint density at radius 3 is 2.65 bits per heavy atom. The van der Waals surface area contributed by atoms with Crippen LogP contribution in [-0.4, -0.2) is 45.3 Å². The molecule has 0 amide bonds. The number of nitrogens with zero attached hydrogens (tertiary/aromatic N) is 1. The molecule has 3 aliphatic heterocycles. The maximum atomic E-state index is 11.6. The Labute approximate surface area is 157 Å². The summed E-state index contributed by atoms with van der Waals surface area (Å²) in [5.74, 6) is 1.80. The molecule has 0 aromatic heterocycles. The number of carbonyl (C=O) groups is 1. The molecular formula is C22H35NO3. The van der Waals surface area contributed by atoms with Gasteiger partial charge in [0, 0.05) is 19.0 Å². The van der Waals surface area contributed by atoms with Gasteiger partial charge >= 0.3 is 5.97 Å². The van der Waals surface area contributed by atoms with Crippen LogP contribution in [0.3, 0.4) is 0 Å². The number of rotatable bonds is 4. The summed E-state index contributed by atoms with van der Waals surface area (Å²) in [4.78, 5) is 14.4. The minimum absolute atomic E-state index is 0.0467. The van der Waals surface area contributed by atoms with Gasteiger partial charge < -0.3 is 10.2 Å². The van der Waals surface area contributed by atoms with Crippen molar-refractivity contribution < 1.29 is 15.0 Å². The van der Waals surface area contributed by atoms with Crippen LogP contribution in [0.15, 0.2) is 0 Å². The van der Waals surface area contributed by atoms with E-state index in [-0.39, 0.29) is 22.5 Å². The zero-order valence-electron chi connectivity index (χ0n) is 16.6. The first-order valence-corrected chi connectivity index (χ1v) is 11.0. The third kappa shape index (κ3) is 1.69. The van der Waals surface area contributed by atoms with E-state index in [9.17, 15) is 15.0 Å². The van der Waals surface area contributed by atoms with Gasteiger partial charge in [-0.2, -0.15) is 0 Å². The number of fused-ring (bicyclic) bond motifs is 2. The Hall–Kier alpha value is -0.610. The normalized spacial score (nSPS) is 56.8. The van der Waals surface area contributed by atoms with E-state index < -0.39 is 5.97 Å². The maximum Gasteiger partial charge on any atom is 0.303 e. The number of carboxylic acid groups (broad SMARTS) is 1. The molecule has 1 spiro atoms. The molecular weight excluding hydrogens is 326 g/mol. The standard InChI is InChI=1S/C22H35NO3/c1-13(2)15-7-9-20(3)14-6-11-22-16(4-5-17(22)24)21(20,10-8-18(25)26)19(15)23(22)12-14/h13-17,19,24H,4-12H2,1-3H3,(H,25,26)/t14-,15-,16+,17-,19+,20+,21+,22-/m1/s1. The molecule has 0 aromatic rings. The lowest BCUT2D eigenvalue weighted by Gasteiger charge is -2.67. The molecule has 146 valence electrons. The fraction of sp³-hybridized carbons (Fsp3) is 0.955. The minimum atomic E-state index is -0.647. The first kappa shape index (κ1) is 17.5. The second-order valence-electron chi connectivity index (χ2n) is 10.8. The van der Waals surface area contributed by atoms with Gasteiger partial charge in [0.05, 0.1) is 11.6 Å². The van der Waals surface area contributed by atoms with Gasteiger partial charge in [0.2, 0.25) is 0 Å². The van der Waals surface area contributed by atoms with Crippen LogP contribution in [0.25, 0.3) is 0 Å². The first-order valence-electron chi connectivity index (χ1n) is 11.0. The number of aliphatic hydroxyl groups is 1. The van der Waals surface area contributed by atoms with Crippen LogP contribution in [0.1, 0.15) is 72.1 Å². The lowest BCUT2D eigenvalue weighted by molar-refractivity contribution is -0.189. The van der Waals surface area contributed by atoms with Crippen LogP contribution in [0.5, 0.6) is 0 Å². The highest BCUT2D eigenvalue weighted by Gasteiger charge is 2.81. The van der Waals surface area contributed by atoms with Gasteiger partial charge in [-0.1, -0.05) is 20.8 Å². The Bertz CT molecular complexity index is 635. The maximum absolute atomic E-state index is 11.6. The Balaban J connectivity index is 1.72. The molecule has 5 bridgehead atoms. The van der Waals surface area contributed by atoms with E-state index in [0.29, 0.717) is 36.1 Å². The molecule has 9 atom stereocenters. The zero-order valence-corrected chi connectivity index (χ0v) is 16.6. The van der Waals surface area contributed by atoms with Crippen LogP contribution < -0.4 is 0 Å². The van der Waals surface area contributed by atoms with Crippen molar-refractivity contribution in [2.75, 3.05) is 6.54 Å². The second kappa shape index (κ2) is 5.26. The topological polar surface area (TPSA) is 60.8 Å². The number of piperidine rings is 2. The largest absolute Gasteiger partial charge is 0.481 e.